The first-order valence-corrected chi connectivity index (χ1v) is 10.0. The average molecular weight is 373 g/mol. The molecule has 0 aliphatic heterocycles. The Kier molecular flexibility index (Phi) is 6.50. The highest BCUT2D eigenvalue weighted by atomic mass is 32.1. The first-order valence-electron chi connectivity index (χ1n) is 9.22. The fraction of sp³-hybridized carbons (Fsp3) is 0.500. The van der Waals surface area contributed by atoms with Crippen LogP contribution in [0.3, 0.4) is 0 Å². The van der Waals surface area contributed by atoms with Crippen LogP contribution in [0, 0.1) is 19.8 Å². The Morgan fingerprint density at radius 3 is 2.85 bits per heavy atom. The molecule has 1 saturated carbocycles. The second-order valence-electron chi connectivity index (χ2n) is 6.83. The van der Waals surface area contributed by atoms with Gasteiger partial charge >= 0.3 is 0 Å². The van der Waals surface area contributed by atoms with Gasteiger partial charge < -0.3 is 15.4 Å². The molecule has 1 aliphatic rings. The van der Waals surface area contributed by atoms with E-state index in [0.717, 1.165) is 47.8 Å². The van der Waals surface area contributed by atoms with Gasteiger partial charge in [0.2, 0.25) is 0 Å². The lowest BCUT2D eigenvalue weighted by Gasteiger charge is -2.15. The van der Waals surface area contributed by atoms with Gasteiger partial charge in [0.05, 0.1) is 11.6 Å². The molecule has 0 spiro atoms. The minimum atomic E-state index is 0.691. The van der Waals surface area contributed by atoms with E-state index in [2.05, 4.69) is 52.7 Å². The van der Waals surface area contributed by atoms with Gasteiger partial charge in [0, 0.05) is 43.2 Å². The number of benzene rings is 1. The summed E-state index contributed by atoms with van der Waals surface area (Å²) in [6.45, 7) is 6.51. The third-order valence-electron chi connectivity index (χ3n) is 4.36. The molecular formula is C20H28N4OS. The monoisotopic (exact) mass is 372 g/mol. The molecule has 1 aromatic heterocycles. The van der Waals surface area contributed by atoms with E-state index in [-0.39, 0.29) is 0 Å². The molecule has 0 radical (unpaired) electrons. The number of hydrogen-bond donors (Lipinski definition) is 2. The van der Waals surface area contributed by atoms with Gasteiger partial charge in [0.15, 0.2) is 5.96 Å². The highest BCUT2D eigenvalue weighted by Crippen LogP contribution is 2.30. The van der Waals surface area contributed by atoms with Gasteiger partial charge in [0.1, 0.15) is 5.75 Å². The van der Waals surface area contributed by atoms with Crippen molar-refractivity contribution in [3.8, 4) is 5.75 Å². The molecule has 0 unspecified atom stereocenters. The lowest BCUT2D eigenvalue weighted by atomic mass is 10.1. The van der Waals surface area contributed by atoms with E-state index in [1.165, 1.54) is 23.3 Å². The number of nitrogens with zero attached hydrogens (tertiary/aromatic N) is 2. The van der Waals surface area contributed by atoms with Crippen LogP contribution in [0.15, 0.2) is 29.4 Å². The molecule has 140 valence electrons. The van der Waals surface area contributed by atoms with Crippen LogP contribution in [-0.4, -0.2) is 31.1 Å². The van der Waals surface area contributed by atoms with Crippen molar-refractivity contribution in [1.29, 1.82) is 0 Å². The van der Waals surface area contributed by atoms with Crippen LogP contribution in [0.4, 0.5) is 0 Å². The van der Waals surface area contributed by atoms with Crippen LogP contribution in [0.5, 0.6) is 5.75 Å². The molecule has 2 aromatic rings. The van der Waals surface area contributed by atoms with Crippen molar-refractivity contribution < 1.29 is 4.74 Å². The summed E-state index contributed by atoms with van der Waals surface area (Å²) in [6, 6.07) is 6.39. The topological polar surface area (TPSA) is 58.5 Å². The SMILES string of the molecule is CN=C(NCCc1ncc(C)s1)NCc1ccc(C)cc1OCC1CC1. The Morgan fingerprint density at radius 1 is 1.31 bits per heavy atom. The van der Waals surface area contributed by atoms with Crippen LogP contribution in [0.25, 0.3) is 0 Å². The van der Waals surface area contributed by atoms with E-state index in [4.69, 9.17) is 4.74 Å². The molecule has 1 aromatic carbocycles. The number of guanidine groups is 1. The zero-order valence-electron chi connectivity index (χ0n) is 15.8. The second kappa shape index (κ2) is 9.03. The largest absolute Gasteiger partial charge is 0.493 e. The van der Waals surface area contributed by atoms with Crippen molar-refractivity contribution in [2.24, 2.45) is 10.9 Å². The molecule has 1 heterocycles. The van der Waals surface area contributed by atoms with Gasteiger partial charge in [-0.05, 0) is 44.2 Å². The molecular weight excluding hydrogens is 344 g/mol. The summed E-state index contributed by atoms with van der Waals surface area (Å²) in [5, 5.41) is 7.89. The molecule has 2 N–H and O–H groups in total. The summed E-state index contributed by atoms with van der Waals surface area (Å²) in [4.78, 5) is 9.95. The van der Waals surface area contributed by atoms with E-state index in [0.29, 0.717) is 6.54 Å². The molecule has 0 bridgehead atoms. The minimum absolute atomic E-state index is 0.691. The van der Waals surface area contributed by atoms with E-state index >= 15 is 0 Å². The number of aliphatic imine (C=N–C) groups is 1. The van der Waals surface area contributed by atoms with Crippen LogP contribution < -0.4 is 15.4 Å². The number of aromatic nitrogens is 1. The Balaban J connectivity index is 1.49. The molecule has 1 fully saturated rings. The zero-order chi connectivity index (χ0) is 18.4. The van der Waals surface area contributed by atoms with E-state index < -0.39 is 0 Å². The third kappa shape index (κ3) is 5.73. The number of hydrogen-bond acceptors (Lipinski definition) is 4. The van der Waals surface area contributed by atoms with Crippen LogP contribution >= 0.6 is 11.3 Å². The smallest absolute Gasteiger partial charge is 0.191 e. The maximum absolute atomic E-state index is 6.04. The summed E-state index contributed by atoms with van der Waals surface area (Å²) in [7, 11) is 1.79. The summed E-state index contributed by atoms with van der Waals surface area (Å²) < 4.78 is 6.04. The molecule has 5 nitrogen and oxygen atoms in total. The first-order chi connectivity index (χ1) is 12.6. The first kappa shape index (κ1) is 18.7. The van der Waals surface area contributed by atoms with Crippen molar-refractivity contribution in [2.45, 2.75) is 39.7 Å². The van der Waals surface area contributed by atoms with Crippen LogP contribution in [0.1, 0.15) is 33.9 Å². The average Bonchev–Trinajstić information content (AvgIpc) is 3.37. The molecule has 6 heteroatoms. The lowest BCUT2D eigenvalue weighted by Crippen LogP contribution is -2.37. The standard InChI is InChI=1S/C20H28N4OS/c1-14-4-7-17(18(10-14)25-13-16-5-6-16)12-24-20(21-3)22-9-8-19-23-11-15(2)26-19/h4,7,10-11,16H,5-6,8-9,12-13H2,1-3H3,(H2,21,22,24). The Morgan fingerprint density at radius 2 is 2.15 bits per heavy atom. The lowest BCUT2D eigenvalue weighted by molar-refractivity contribution is 0.296. The van der Waals surface area contributed by atoms with Gasteiger partial charge in [-0.3, -0.25) is 4.99 Å². The number of nitrogens with one attached hydrogen (secondary N) is 2. The maximum Gasteiger partial charge on any atom is 0.191 e. The molecule has 0 atom stereocenters. The highest BCUT2D eigenvalue weighted by molar-refractivity contribution is 7.11. The predicted octanol–water partition coefficient (Wildman–Crippen LogP) is 3.46. The molecule has 3 rings (SSSR count). The fourth-order valence-corrected chi connectivity index (χ4v) is 3.43. The number of rotatable bonds is 8. The summed E-state index contributed by atoms with van der Waals surface area (Å²) in [6.07, 6.45) is 5.43. The normalized spacial score (nSPS) is 14.3. The predicted molar refractivity (Wildman–Crippen MR) is 108 cm³/mol. The number of thiazole rings is 1. The fourth-order valence-electron chi connectivity index (χ4n) is 2.64. The van der Waals surface area contributed by atoms with Gasteiger partial charge in [-0.15, -0.1) is 11.3 Å². The summed E-state index contributed by atoms with van der Waals surface area (Å²) >= 11 is 1.75. The quantitative estimate of drug-likeness (QED) is 0.550. The van der Waals surface area contributed by atoms with Gasteiger partial charge in [-0.2, -0.15) is 0 Å². The Bertz CT molecular complexity index is 752. The zero-order valence-corrected chi connectivity index (χ0v) is 16.7. The molecule has 26 heavy (non-hydrogen) atoms. The number of ether oxygens (including phenoxy) is 1. The Hall–Kier alpha value is -2.08. The van der Waals surface area contributed by atoms with Gasteiger partial charge in [0.25, 0.3) is 0 Å². The summed E-state index contributed by atoms with van der Waals surface area (Å²) in [5.41, 5.74) is 2.38. The van der Waals surface area contributed by atoms with Crippen LogP contribution in [0.2, 0.25) is 0 Å². The van der Waals surface area contributed by atoms with E-state index in [1.54, 1.807) is 18.4 Å². The van der Waals surface area contributed by atoms with Crippen molar-refractivity contribution in [2.75, 3.05) is 20.2 Å². The van der Waals surface area contributed by atoms with E-state index in [1.807, 2.05) is 6.20 Å². The third-order valence-corrected chi connectivity index (χ3v) is 5.34. The second-order valence-corrected chi connectivity index (χ2v) is 8.15. The van der Waals surface area contributed by atoms with Crippen molar-refractivity contribution in [3.05, 3.63) is 45.4 Å². The van der Waals surface area contributed by atoms with Gasteiger partial charge in [-0.25, -0.2) is 4.98 Å². The van der Waals surface area contributed by atoms with E-state index in [9.17, 15) is 0 Å². The Labute approximate surface area is 159 Å². The number of aryl methyl sites for hydroxylation is 2. The van der Waals surface area contributed by atoms with Crippen molar-refractivity contribution in [1.82, 2.24) is 15.6 Å². The maximum atomic E-state index is 6.04. The van der Waals surface area contributed by atoms with Gasteiger partial charge in [-0.1, -0.05) is 12.1 Å². The van der Waals surface area contributed by atoms with Crippen LogP contribution in [-0.2, 0) is 13.0 Å². The molecule has 0 saturated heterocycles. The van der Waals surface area contributed by atoms with Crippen molar-refractivity contribution in [3.63, 3.8) is 0 Å². The van der Waals surface area contributed by atoms with Crippen molar-refractivity contribution >= 4 is 17.3 Å². The highest BCUT2D eigenvalue weighted by Gasteiger charge is 2.22. The summed E-state index contributed by atoms with van der Waals surface area (Å²) in [5.74, 6) is 2.53. The molecule has 0 amide bonds. The minimum Gasteiger partial charge on any atom is -0.493 e. The molecule has 1 aliphatic carbocycles.